The Balaban J connectivity index is 2.34. The van der Waals surface area contributed by atoms with Crippen LogP contribution in [0.25, 0.3) is 0 Å². The van der Waals surface area contributed by atoms with Crippen LogP contribution in [0, 0.1) is 0 Å². The fourth-order valence-electron chi connectivity index (χ4n) is 1.49. The van der Waals surface area contributed by atoms with Crippen LogP contribution in [0.4, 0.5) is 0 Å². The summed E-state index contributed by atoms with van der Waals surface area (Å²) in [6.45, 7) is 4.16. The van der Waals surface area contributed by atoms with E-state index >= 15 is 0 Å². The van der Waals surface area contributed by atoms with Gasteiger partial charge in [-0.3, -0.25) is 4.79 Å². The third kappa shape index (κ3) is 5.97. The van der Waals surface area contributed by atoms with E-state index in [0.29, 0.717) is 25.1 Å². The normalized spacial score (nSPS) is 11.4. The largest absolute Gasteiger partial charge is 0.388 e. The number of thioether (sulfide) groups is 1. The topological polar surface area (TPSA) is 49.3 Å². The highest BCUT2D eigenvalue weighted by Gasteiger charge is 2.22. The molecule has 0 fully saturated rings. The highest BCUT2D eigenvalue weighted by Crippen LogP contribution is 2.20. The van der Waals surface area contributed by atoms with Crippen LogP contribution in [-0.2, 0) is 4.79 Å². The zero-order valence-electron chi connectivity index (χ0n) is 11.3. The molecule has 0 saturated heterocycles. The van der Waals surface area contributed by atoms with Gasteiger partial charge in [-0.2, -0.15) is 0 Å². The van der Waals surface area contributed by atoms with Crippen molar-refractivity contribution < 1.29 is 9.90 Å². The van der Waals surface area contributed by atoms with Gasteiger partial charge in [0.15, 0.2) is 0 Å². The molecule has 0 radical (unpaired) electrons. The monoisotopic (exact) mass is 345 g/mol. The van der Waals surface area contributed by atoms with E-state index in [1.165, 1.54) is 11.8 Å². The number of benzene rings is 1. The van der Waals surface area contributed by atoms with Crippen molar-refractivity contribution >= 4 is 33.6 Å². The summed E-state index contributed by atoms with van der Waals surface area (Å²) in [5, 5.41) is 12.9. The molecule has 1 amide bonds. The van der Waals surface area contributed by atoms with Crippen molar-refractivity contribution in [2.75, 3.05) is 12.3 Å². The lowest BCUT2D eigenvalue weighted by molar-refractivity contribution is -0.119. The van der Waals surface area contributed by atoms with E-state index < -0.39 is 5.60 Å². The van der Waals surface area contributed by atoms with E-state index in [-0.39, 0.29) is 5.91 Å². The molecular weight excluding hydrogens is 326 g/mol. The van der Waals surface area contributed by atoms with Gasteiger partial charge in [-0.15, -0.1) is 11.8 Å². The number of halogens is 1. The fraction of sp³-hybridized carbons (Fsp3) is 0.500. The average Bonchev–Trinajstić information content (AvgIpc) is 2.44. The summed E-state index contributed by atoms with van der Waals surface area (Å²) in [6, 6.07) is 7.84. The highest BCUT2D eigenvalue weighted by molar-refractivity contribution is 9.10. The maximum atomic E-state index is 11.7. The molecule has 5 heteroatoms. The van der Waals surface area contributed by atoms with Gasteiger partial charge in [0.05, 0.1) is 11.4 Å². The summed E-state index contributed by atoms with van der Waals surface area (Å²) < 4.78 is 1.03. The quantitative estimate of drug-likeness (QED) is 0.746. The first-order valence-electron chi connectivity index (χ1n) is 6.36. The summed E-state index contributed by atoms with van der Waals surface area (Å²) >= 11 is 4.86. The number of hydrogen-bond donors (Lipinski definition) is 2. The van der Waals surface area contributed by atoms with Gasteiger partial charge in [-0.25, -0.2) is 0 Å². The zero-order chi connectivity index (χ0) is 14.3. The van der Waals surface area contributed by atoms with Gasteiger partial charge < -0.3 is 10.4 Å². The van der Waals surface area contributed by atoms with E-state index in [0.717, 1.165) is 9.37 Å². The van der Waals surface area contributed by atoms with Crippen LogP contribution in [0.3, 0.4) is 0 Å². The second-order valence-electron chi connectivity index (χ2n) is 4.45. The molecule has 0 saturated carbocycles. The Morgan fingerprint density at radius 3 is 2.42 bits per heavy atom. The number of amides is 1. The summed E-state index contributed by atoms with van der Waals surface area (Å²) in [6.07, 6.45) is 1.28. The third-order valence-electron chi connectivity index (χ3n) is 3.11. The molecule has 3 nitrogen and oxygen atoms in total. The first kappa shape index (κ1) is 16.5. The van der Waals surface area contributed by atoms with Gasteiger partial charge in [0, 0.05) is 15.9 Å². The minimum Gasteiger partial charge on any atom is -0.388 e. The molecule has 0 spiro atoms. The molecular formula is C14H20BrNO2S. The Morgan fingerprint density at radius 2 is 1.89 bits per heavy atom. The Morgan fingerprint density at radius 1 is 1.32 bits per heavy atom. The summed E-state index contributed by atoms with van der Waals surface area (Å²) in [7, 11) is 0. The lowest BCUT2D eigenvalue weighted by atomic mass is 9.98. The van der Waals surface area contributed by atoms with Crippen molar-refractivity contribution in [1.29, 1.82) is 0 Å². The molecule has 19 heavy (non-hydrogen) atoms. The van der Waals surface area contributed by atoms with Crippen LogP contribution in [0.15, 0.2) is 33.6 Å². The predicted octanol–water partition coefficient (Wildman–Crippen LogP) is 3.21. The minimum absolute atomic E-state index is 0.0479. The Labute approximate surface area is 127 Å². The smallest absolute Gasteiger partial charge is 0.230 e. The van der Waals surface area contributed by atoms with Crippen LogP contribution in [-0.4, -0.2) is 28.9 Å². The second-order valence-corrected chi connectivity index (χ2v) is 6.42. The molecule has 0 unspecified atom stereocenters. The number of rotatable bonds is 7. The molecule has 2 N–H and O–H groups in total. The molecule has 0 aliphatic heterocycles. The Bertz CT molecular complexity index is 404. The van der Waals surface area contributed by atoms with E-state index in [1.807, 2.05) is 38.1 Å². The van der Waals surface area contributed by atoms with E-state index in [2.05, 4.69) is 21.2 Å². The van der Waals surface area contributed by atoms with Gasteiger partial charge in [-0.1, -0.05) is 29.8 Å². The molecule has 0 aliphatic carbocycles. The van der Waals surface area contributed by atoms with E-state index in [4.69, 9.17) is 0 Å². The highest BCUT2D eigenvalue weighted by atomic mass is 79.9. The Kier molecular flexibility index (Phi) is 6.89. The van der Waals surface area contributed by atoms with Gasteiger partial charge in [0.1, 0.15) is 0 Å². The van der Waals surface area contributed by atoms with Crippen molar-refractivity contribution in [3.05, 3.63) is 28.7 Å². The molecule has 106 valence electrons. The number of carbonyl (C=O) groups is 1. The maximum absolute atomic E-state index is 11.7. The summed E-state index contributed by atoms with van der Waals surface area (Å²) in [4.78, 5) is 12.8. The van der Waals surface area contributed by atoms with Crippen LogP contribution >= 0.6 is 27.7 Å². The van der Waals surface area contributed by atoms with Crippen molar-refractivity contribution in [3.63, 3.8) is 0 Å². The molecule has 0 heterocycles. The first-order valence-corrected chi connectivity index (χ1v) is 8.14. The van der Waals surface area contributed by atoms with Crippen LogP contribution < -0.4 is 5.32 Å². The van der Waals surface area contributed by atoms with Gasteiger partial charge in [-0.05, 0) is 37.1 Å². The van der Waals surface area contributed by atoms with Crippen molar-refractivity contribution in [3.8, 4) is 0 Å². The molecule has 0 bridgehead atoms. The number of hydrogen-bond acceptors (Lipinski definition) is 3. The standard InChI is InChI=1S/C14H20BrNO2S/c1-3-14(18,4-2)10-16-13(17)9-19-12-7-5-11(15)6-8-12/h5-8,18H,3-4,9-10H2,1-2H3,(H,16,17). The van der Waals surface area contributed by atoms with Crippen LogP contribution in [0.5, 0.6) is 0 Å². The van der Waals surface area contributed by atoms with Crippen molar-refractivity contribution in [2.24, 2.45) is 0 Å². The fourth-order valence-corrected chi connectivity index (χ4v) is 2.49. The summed E-state index contributed by atoms with van der Waals surface area (Å²) in [5.41, 5.74) is -0.780. The lowest BCUT2D eigenvalue weighted by Gasteiger charge is -2.25. The Hall–Kier alpha value is -0.520. The maximum Gasteiger partial charge on any atom is 0.230 e. The first-order chi connectivity index (χ1) is 8.99. The average molecular weight is 346 g/mol. The van der Waals surface area contributed by atoms with Crippen LogP contribution in [0.1, 0.15) is 26.7 Å². The molecule has 1 aromatic carbocycles. The second kappa shape index (κ2) is 7.92. The van der Waals surface area contributed by atoms with E-state index in [1.54, 1.807) is 0 Å². The SMILES string of the molecule is CCC(O)(CC)CNC(=O)CSc1ccc(Br)cc1. The molecule has 0 atom stereocenters. The van der Waals surface area contributed by atoms with E-state index in [9.17, 15) is 9.90 Å². The zero-order valence-corrected chi connectivity index (χ0v) is 13.7. The lowest BCUT2D eigenvalue weighted by Crippen LogP contribution is -2.42. The van der Waals surface area contributed by atoms with Crippen molar-refractivity contribution in [1.82, 2.24) is 5.32 Å². The number of nitrogens with one attached hydrogen (secondary N) is 1. The summed E-state index contributed by atoms with van der Waals surface area (Å²) in [5.74, 6) is 0.318. The predicted molar refractivity (Wildman–Crippen MR) is 83.4 cm³/mol. The van der Waals surface area contributed by atoms with Gasteiger partial charge >= 0.3 is 0 Å². The number of carbonyl (C=O) groups excluding carboxylic acids is 1. The molecule has 0 aliphatic rings. The molecule has 0 aromatic heterocycles. The third-order valence-corrected chi connectivity index (χ3v) is 4.66. The minimum atomic E-state index is -0.780. The van der Waals surface area contributed by atoms with Gasteiger partial charge in [0.2, 0.25) is 5.91 Å². The van der Waals surface area contributed by atoms with Crippen molar-refractivity contribution in [2.45, 2.75) is 37.2 Å². The molecule has 1 aromatic rings. The van der Waals surface area contributed by atoms with Crippen LogP contribution in [0.2, 0.25) is 0 Å². The molecule has 1 rings (SSSR count). The van der Waals surface area contributed by atoms with Gasteiger partial charge in [0.25, 0.3) is 0 Å². The number of aliphatic hydroxyl groups is 1.